The quantitative estimate of drug-likeness (QED) is 0.601. The Bertz CT molecular complexity index is 376. The van der Waals surface area contributed by atoms with Gasteiger partial charge < -0.3 is 10.2 Å². The summed E-state index contributed by atoms with van der Waals surface area (Å²) in [5.74, 6) is 2.53. The van der Waals surface area contributed by atoms with Crippen molar-refractivity contribution in [2.75, 3.05) is 0 Å². The maximum Gasteiger partial charge on any atom is 0.344 e. The molecule has 0 heterocycles. The second-order valence-electron chi connectivity index (χ2n) is 2.33. The van der Waals surface area contributed by atoms with E-state index in [0.29, 0.717) is 0 Å². The smallest absolute Gasteiger partial charge is 0.344 e. The summed E-state index contributed by atoms with van der Waals surface area (Å²) in [4.78, 5) is 21.0. The molecule has 2 N–H and O–H groups in total. The monoisotopic (exact) mass is 178 g/mol. The van der Waals surface area contributed by atoms with Gasteiger partial charge in [-0.15, -0.1) is 0 Å². The van der Waals surface area contributed by atoms with E-state index in [1.807, 2.05) is 0 Å². The fourth-order valence-corrected chi connectivity index (χ4v) is 0.822. The van der Waals surface area contributed by atoms with Crippen LogP contribution in [0, 0.1) is 11.8 Å². The highest BCUT2D eigenvalue weighted by Crippen LogP contribution is 2.07. The van der Waals surface area contributed by atoms with E-state index in [1.54, 1.807) is 0 Å². The zero-order valence-corrected chi connectivity index (χ0v) is 6.57. The number of rotatable bonds is 2. The number of hydrogen-bond acceptors (Lipinski definition) is 2. The van der Waals surface area contributed by atoms with Crippen LogP contribution in [0.3, 0.4) is 0 Å². The van der Waals surface area contributed by atoms with Gasteiger partial charge in [-0.05, 0) is 6.08 Å². The van der Waals surface area contributed by atoms with E-state index in [4.69, 9.17) is 10.2 Å². The number of allylic oxidation sites excluding steroid dienone is 1. The van der Waals surface area contributed by atoms with E-state index in [0.717, 1.165) is 6.08 Å². The number of carbonyl (C=O) groups is 2. The molecule has 0 fully saturated rings. The third kappa shape index (κ3) is 2.20. The van der Waals surface area contributed by atoms with E-state index < -0.39 is 11.9 Å². The van der Waals surface area contributed by atoms with Gasteiger partial charge in [0.1, 0.15) is 5.57 Å². The first-order valence-electron chi connectivity index (χ1n) is 3.48. The number of carboxylic acids is 2. The predicted octanol–water partition coefficient (Wildman–Crippen LogP) is 0.416. The highest BCUT2D eigenvalue weighted by atomic mass is 16.4. The molecule has 0 bridgehead atoms. The molecule has 0 aromatic carbocycles. The first-order chi connectivity index (χ1) is 6.11. The van der Waals surface area contributed by atoms with Crippen LogP contribution in [0.5, 0.6) is 0 Å². The lowest BCUT2D eigenvalue weighted by molar-refractivity contribution is -0.132. The second-order valence-corrected chi connectivity index (χ2v) is 2.33. The van der Waals surface area contributed by atoms with Gasteiger partial charge in [0.15, 0.2) is 0 Å². The third-order valence-electron chi connectivity index (χ3n) is 1.42. The Morgan fingerprint density at radius 2 is 2.00 bits per heavy atom. The molecule has 1 aliphatic rings. The van der Waals surface area contributed by atoms with Crippen molar-refractivity contribution in [3.05, 3.63) is 23.3 Å². The summed E-state index contributed by atoms with van der Waals surface area (Å²) in [6, 6.07) is 0. The Morgan fingerprint density at radius 1 is 1.31 bits per heavy atom. The SMILES string of the molecule is O=C(O)C1=CC(C(=O)O)=CCC#C1. The Hall–Kier alpha value is -2.02. The van der Waals surface area contributed by atoms with Crippen molar-refractivity contribution < 1.29 is 19.8 Å². The van der Waals surface area contributed by atoms with E-state index in [2.05, 4.69) is 11.8 Å². The number of aliphatic carboxylic acids is 2. The van der Waals surface area contributed by atoms with Gasteiger partial charge in [0, 0.05) is 6.42 Å². The molecule has 1 rings (SSSR count). The van der Waals surface area contributed by atoms with Crippen molar-refractivity contribution in [1.29, 1.82) is 0 Å². The summed E-state index contributed by atoms with van der Waals surface area (Å²) in [7, 11) is 0. The molecule has 0 unspecified atom stereocenters. The van der Waals surface area contributed by atoms with Gasteiger partial charge >= 0.3 is 11.9 Å². The lowest BCUT2D eigenvalue weighted by Crippen LogP contribution is -2.02. The molecule has 1 aliphatic carbocycles. The first kappa shape index (κ1) is 9.07. The Kier molecular flexibility index (Phi) is 2.50. The third-order valence-corrected chi connectivity index (χ3v) is 1.42. The van der Waals surface area contributed by atoms with Crippen LogP contribution < -0.4 is 0 Å². The minimum Gasteiger partial charge on any atom is -0.478 e. The van der Waals surface area contributed by atoms with E-state index in [1.165, 1.54) is 6.08 Å². The van der Waals surface area contributed by atoms with E-state index in [-0.39, 0.29) is 17.6 Å². The summed E-state index contributed by atoms with van der Waals surface area (Å²) in [5, 5.41) is 17.2. The molecule has 0 atom stereocenters. The average molecular weight is 178 g/mol. The van der Waals surface area contributed by atoms with Gasteiger partial charge in [-0.25, -0.2) is 9.59 Å². The van der Waals surface area contributed by atoms with Gasteiger partial charge in [-0.2, -0.15) is 0 Å². The second kappa shape index (κ2) is 3.59. The van der Waals surface area contributed by atoms with Crippen molar-refractivity contribution in [1.82, 2.24) is 0 Å². The van der Waals surface area contributed by atoms with E-state index >= 15 is 0 Å². The van der Waals surface area contributed by atoms with Gasteiger partial charge in [-0.3, -0.25) is 0 Å². The Labute approximate surface area is 74.2 Å². The zero-order chi connectivity index (χ0) is 9.84. The van der Waals surface area contributed by atoms with Crippen LogP contribution in [0.15, 0.2) is 23.3 Å². The van der Waals surface area contributed by atoms with Crippen LogP contribution in [-0.2, 0) is 9.59 Å². The van der Waals surface area contributed by atoms with Crippen LogP contribution in [0.2, 0.25) is 0 Å². The molecule has 0 saturated heterocycles. The maximum absolute atomic E-state index is 10.5. The normalized spacial score (nSPS) is 14.5. The van der Waals surface area contributed by atoms with Crippen molar-refractivity contribution in [3.63, 3.8) is 0 Å². The Morgan fingerprint density at radius 3 is 2.54 bits per heavy atom. The van der Waals surface area contributed by atoms with Crippen LogP contribution in [0.1, 0.15) is 6.42 Å². The highest BCUT2D eigenvalue weighted by molar-refractivity contribution is 5.97. The van der Waals surface area contributed by atoms with Crippen LogP contribution >= 0.6 is 0 Å². The Balaban J connectivity index is 3.06. The maximum atomic E-state index is 10.5. The molecule has 13 heavy (non-hydrogen) atoms. The molecule has 0 aromatic heterocycles. The molecule has 4 heteroatoms. The molecule has 0 spiro atoms. The van der Waals surface area contributed by atoms with E-state index in [9.17, 15) is 9.59 Å². The van der Waals surface area contributed by atoms with Crippen LogP contribution in [0.25, 0.3) is 0 Å². The summed E-state index contributed by atoms with van der Waals surface area (Å²) in [6.07, 6.45) is 2.70. The molecular formula is C9H6O4. The van der Waals surface area contributed by atoms with Crippen LogP contribution in [-0.4, -0.2) is 22.2 Å². The predicted molar refractivity (Wildman–Crippen MR) is 43.8 cm³/mol. The van der Waals surface area contributed by atoms with Crippen molar-refractivity contribution in [2.45, 2.75) is 6.42 Å². The molecule has 0 radical (unpaired) electrons. The fourth-order valence-electron chi connectivity index (χ4n) is 0.822. The summed E-state index contributed by atoms with van der Waals surface area (Å²) < 4.78 is 0. The summed E-state index contributed by atoms with van der Waals surface area (Å²) in [6.45, 7) is 0. The lowest BCUT2D eigenvalue weighted by Gasteiger charge is -1.92. The van der Waals surface area contributed by atoms with Crippen molar-refractivity contribution >= 4 is 11.9 Å². The average Bonchev–Trinajstić information content (AvgIpc) is 2.28. The molecule has 0 amide bonds. The molecule has 0 aromatic rings. The van der Waals surface area contributed by atoms with Crippen LogP contribution in [0.4, 0.5) is 0 Å². The minimum absolute atomic E-state index is 0.0464. The van der Waals surface area contributed by atoms with Gasteiger partial charge in [0.05, 0.1) is 5.57 Å². The fraction of sp³-hybridized carbons (Fsp3) is 0.111. The lowest BCUT2D eigenvalue weighted by atomic mass is 10.1. The van der Waals surface area contributed by atoms with Gasteiger partial charge in [-0.1, -0.05) is 17.9 Å². The summed E-state index contributed by atoms with van der Waals surface area (Å²) in [5.41, 5.74) is -0.235. The molecule has 66 valence electrons. The van der Waals surface area contributed by atoms with Crippen molar-refractivity contribution in [3.8, 4) is 11.8 Å². The topological polar surface area (TPSA) is 74.6 Å². The zero-order valence-electron chi connectivity index (χ0n) is 6.57. The molecular weight excluding hydrogens is 172 g/mol. The standard InChI is InChI=1S/C9H6O4/c10-8(11)6-3-1-2-4-7(5-6)9(12)13/h3,5H,1H2,(H,10,11)(H,12,13). The number of carboxylic acid groups (broad SMARTS) is 2. The molecule has 0 saturated carbocycles. The number of hydrogen-bond donors (Lipinski definition) is 2. The highest BCUT2D eigenvalue weighted by Gasteiger charge is 2.10. The minimum atomic E-state index is -1.21. The summed E-state index contributed by atoms with van der Waals surface area (Å²) >= 11 is 0. The first-order valence-corrected chi connectivity index (χ1v) is 3.48. The largest absolute Gasteiger partial charge is 0.478 e. The molecule has 0 aliphatic heterocycles. The van der Waals surface area contributed by atoms with Gasteiger partial charge in [0.25, 0.3) is 0 Å². The molecule has 4 nitrogen and oxygen atoms in total. The van der Waals surface area contributed by atoms with Gasteiger partial charge in [0.2, 0.25) is 0 Å². The van der Waals surface area contributed by atoms with Crippen molar-refractivity contribution in [2.24, 2.45) is 0 Å².